The number of hydrogen-bond acceptors (Lipinski definition) is 5. The Labute approximate surface area is 120 Å². The molecule has 0 saturated heterocycles. The molecule has 0 aliphatic rings. The van der Waals surface area contributed by atoms with Crippen LogP contribution in [0.3, 0.4) is 0 Å². The van der Waals surface area contributed by atoms with E-state index in [0.717, 1.165) is 18.8 Å². The molecule has 0 atom stereocenters. The third-order valence-electron chi connectivity index (χ3n) is 2.36. The fourth-order valence-corrected chi connectivity index (χ4v) is 1.56. The van der Waals surface area contributed by atoms with Gasteiger partial charge in [0.2, 0.25) is 11.9 Å². The van der Waals surface area contributed by atoms with E-state index in [-0.39, 0.29) is 11.4 Å². The predicted molar refractivity (Wildman–Crippen MR) is 81.8 cm³/mol. The summed E-state index contributed by atoms with van der Waals surface area (Å²) in [5.41, 5.74) is -0.191. The van der Waals surface area contributed by atoms with Gasteiger partial charge in [0.25, 0.3) is 0 Å². The van der Waals surface area contributed by atoms with Gasteiger partial charge in [0.15, 0.2) is 0 Å². The first-order valence-corrected chi connectivity index (χ1v) is 7.02. The number of aromatic nitrogens is 2. The van der Waals surface area contributed by atoms with Crippen LogP contribution >= 0.6 is 0 Å². The van der Waals surface area contributed by atoms with Crippen molar-refractivity contribution in [2.45, 2.75) is 46.1 Å². The summed E-state index contributed by atoms with van der Waals surface area (Å²) in [6.07, 6.45) is 3.13. The Hall–Kier alpha value is -1.85. The lowest BCUT2D eigenvalue weighted by atomic mass is 10.1. The van der Waals surface area contributed by atoms with Crippen molar-refractivity contribution >= 4 is 17.7 Å². The largest absolute Gasteiger partial charge is 0.369 e. The molecule has 1 aromatic heterocycles. The molecule has 1 amide bonds. The molecule has 0 radical (unpaired) electrons. The number of nitrogens with zero attached hydrogens (tertiary/aromatic N) is 2. The van der Waals surface area contributed by atoms with Crippen LogP contribution in [-0.4, -0.2) is 34.5 Å². The van der Waals surface area contributed by atoms with E-state index < -0.39 is 0 Å². The number of anilines is 2. The van der Waals surface area contributed by atoms with E-state index in [4.69, 9.17) is 0 Å². The Morgan fingerprint density at radius 1 is 1.25 bits per heavy atom. The molecule has 0 fully saturated rings. The molecule has 0 bridgehead atoms. The molecular weight excluding hydrogens is 254 g/mol. The van der Waals surface area contributed by atoms with Crippen molar-refractivity contribution in [2.24, 2.45) is 0 Å². The topological polar surface area (TPSA) is 78.9 Å². The van der Waals surface area contributed by atoms with Gasteiger partial charge >= 0.3 is 0 Å². The maximum absolute atomic E-state index is 11.7. The molecule has 0 aliphatic heterocycles. The van der Waals surface area contributed by atoms with Gasteiger partial charge in [0, 0.05) is 31.2 Å². The summed E-state index contributed by atoms with van der Waals surface area (Å²) in [7, 11) is 0. The SMILES string of the molecule is CCCNc1nccc(NCCC(=O)NC(C)(C)C)n1. The van der Waals surface area contributed by atoms with E-state index in [1.165, 1.54) is 0 Å². The Morgan fingerprint density at radius 3 is 2.65 bits per heavy atom. The molecule has 112 valence electrons. The molecular formula is C14H25N5O. The summed E-state index contributed by atoms with van der Waals surface area (Å²) < 4.78 is 0. The summed E-state index contributed by atoms with van der Waals surface area (Å²) >= 11 is 0. The number of carbonyl (C=O) groups excluding carboxylic acids is 1. The van der Waals surface area contributed by atoms with Crippen LogP contribution in [0.25, 0.3) is 0 Å². The lowest BCUT2D eigenvalue weighted by molar-refractivity contribution is -0.122. The minimum atomic E-state index is -0.191. The first-order chi connectivity index (χ1) is 9.40. The van der Waals surface area contributed by atoms with Crippen molar-refractivity contribution < 1.29 is 4.79 Å². The first kappa shape index (κ1) is 16.2. The first-order valence-electron chi connectivity index (χ1n) is 7.02. The van der Waals surface area contributed by atoms with E-state index in [2.05, 4.69) is 32.8 Å². The Kier molecular flexibility index (Phi) is 6.21. The zero-order valence-corrected chi connectivity index (χ0v) is 12.8. The number of amides is 1. The minimum absolute atomic E-state index is 0.0309. The van der Waals surface area contributed by atoms with Crippen LogP contribution < -0.4 is 16.0 Å². The van der Waals surface area contributed by atoms with E-state index >= 15 is 0 Å². The fraction of sp³-hybridized carbons (Fsp3) is 0.643. The van der Waals surface area contributed by atoms with Crippen molar-refractivity contribution in [3.05, 3.63) is 12.3 Å². The number of carbonyl (C=O) groups is 1. The molecule has 1 rings (SSSR count). The van der Waals surface area contributed by atoms with Crippen molar-refractivity contribution in [1.82, 2.24) is 15.3 Å². The fourth-order valence-electron chi connectivity index (χ4n) is 1.56. The van der Waals surface area contributed by atoms with Crippen molar-refractivity contribution in [3.8, 4) is 0 Å². The van der Waals surface area contributed by atoms with Gasteiger partial charge in [-0.05, 0) is 33.3 Å². The Balaban J connectivity index is 2.36. The highest BCUT2D eigenvalue weighted by Gasteiger charge is 2.12. The van der Waals surface area contributed by atoms with E-state index in [1.54, 1.807) is 12.3 Å². The van der Waals surface area contributed by atoms with Crippen LogP contribution in [0, 0.1) is 0 Å². The summed E-state index contributed by atoms with van der Waals surface area (Å²) in [6.45, 7) is 9.38. The molecule has 0 spiro atoms. The van der Waals surface area contributed by atoms with Gasteiger partial charge in [-0.2, -0.15) is 4.98 Å². The minimum Gasteiger partial charge on any atom is -0.369 e. The standard InChI is InChI=1S/C14H25N5O/c1-5-8-16-13-17-9-6-11(18-13)15-10-7-12(20)19-14(2,3)4/h6,9H,5,7-8,10H2,1-4H3,(H,19,20)(H2,15,16,17,18). The highest BCUT2D eigenvalue weighted by molar-refractivity contribution is 5.77. The van der Waals surface area contributed by atoms with Crippen molar-refractivity contribution in [2.75, 3.05) is 23.7 Å². The van der Waals surface area contributed by atoms with Gasteiger partial charge in [-0.1, -0.05) is 6.92 Å². The van der Waals surface area contributed by atoms with Gasteiger partial charge < -0.3 is 16.0 Å². The average molecular weight is 279 g/mol. The second kappa shape index (κ2) is 7.67. The maximum Gasteiger partial charge on any atom is 0.224 e. The third kappa shape index (κ3) is 6.92. The molecule has 6 heteroatoms. The van der Waals surface area contributed by atoms with E-state index in [9.17, 15) is 4.79 Å². The Bertz CT molecular complexity index is 428. The van der Waals surface area contributed by atoms with Gasteiger partial charge in [-0.3, -0.25) is 4.79 Å². The second-order valence-corrected chi connectivity index (χ2v) is 5.67. The lowest BCUT2D eigenvalue weighted by Gasteiger charge is -2.20. The second-order valence-electron chi connectivity index (χ2n) is 5.67. The third-order valence-corrected chi connectivity index (χ3v) is 2.36. The van der Waals surface area contributed by atoms with E-state index in [1.807, 2.05) is 20.8 Å². The molecule has 3 N–H and O–H groups in total. The van der Waals surface area contributed by atoms with Crippen LogP contribution in [-0.2, 0) is 4.79 Å². The molecule has 0 aliphatic carbocycles. The molecule has 0 aromatic carbocycles. The van der Waals surface area contributed by atoms with E-state index in [0.29, 0.717) is 18.9 Å². The Morgan fingerprint density at radius 2 is 2.00 bits per heavy atom. The van der Waals surface area contributed by atoms with Crippen molar-refractivity contribution in [3.63, 3.8) is 0 Å². The molecule has 0 saturated carbocycles. The quantitative estimate of drug-likeness (QED) is 0.711. The monoisotopic (exact) mass is 279 g/mol. The maximum atomic E-state index is 11.7. The summed E-state index contributed by atoms with van der Waals surface area (Å²) in [4.78, 5) is 20.1. The lowest BCUT2D eigenvalue weighted by Crippen LogP contribution is -2.41. The number of nitrogens with one attached hydrogen (secondary N) is 3. The molecule has 20 heavy (non-hydrogen) atoms. The van der Waals surface area contributed by atoms with Gasteiger partial charge in [-0.25, -0.2) is 4.98 Å². The predicted octanol–water partition coefficient (Wildman–Crippen LogP) is 2.02. The molecule has 1 heterocycles. The smallest absolute Gasteiger partial charge is 0.224 e. The normalized spacial score (nSPS) is 11.0. The summed E-state index contributed by atoms with van der Waals surface area (Å²) in [6, 6.07) is 1.79. The number of hydrogen-bond donors (Lipinski definition) is 3. The zero-order valence-electron chi connectivity index (χ0n) is 12.8. The molecule has 1 aromatic rings. The van der Waals surface area contributed by atoms with Gasteiger partial charge in [0.1, 0.15) is 5.82 Å². The van der Waals surface area contributed by atoms with Crippen LogP contribution in [0.4, 0.5) is 11.8 Å². The highest BCUT2D eigenvalue weighted by Crippen LogP contribution is 2.06. The van der Waals surface area contributed by atoms with Crippen LogP contribution in [0.15, 0.2) is 12.3 Å². The van der Waals surface area contributed by atoms with Gasteiger partial charge in [-0.15, -0.1) is 0 Å². The summed E-state index contributed by atoms with van der Waals surface area (Å²) in [5, 5.41) is 9.17. The van der Waals surface area contributed by atoms with Crippen LogP contribution in [0.2, 0.25) is 0 Å². The van der Waals surface area contributed by atoms with Gasteiger partial charge in [0.05, 0.1) is 0 Å². The van der Waals surface area contributed by atoms with Crippen molar-refractivity contribution in [1.29, 1.82) is 0 Å². The number of rotatable bonds is 7. The molecule has 6 nitrogen and oxygen atoms in total. The molecule has 0 unspecified atom stereocenters. The average Bonchev–Trinajstić information content (AvgIpc) is 2.34. The summed E-state index contributed by atoms with van der Waals surface area (Å²) in [5.74, 6) is 1.36. The van der Waals surface area contributed by atoms with Crippen LogP contribution in [0.5, 0.6) is 0 Å². The highest BCUT2D eigenvalue weighted by atomic mass is 16.1. The van der Waals surface area contributed by atoms with Crippen LogP contribution in [0.1, 0.15) is 40.5 Å². The zero-order chi connectivity index (χ0) is 15.0.